The third kappa shape index (κ3) is 5.17. The summed E-state index contributed by atoms with van der Waals surface area (Å²) in [4.78, 5) is 25.9. The van der Waals surface area contributed by atoms with Crippen LogP contribution in [0.5, 0.6) is 0 Å². The number of rotatable bonds is 6. The van der Waals surface area contributed by atoms with E-state index in [1.807, 2.05) is 25.1 Å². The van der Waals surface area contributed by atoms with Gasteiger partial charge in [-0.2, -0.15) is 8.42 Å². The molecule has 0 radical (unpaired) electrons. The van der Waals surface area contributed by atoms with Gasteiger partial charge in [0.1, 0.15) is 12.6 Å². The zero-order chi connectivity index (χ0) is 21.7. The van der Waals surface area contributed by atoms with Crippen LogP contribution in [-0.2, 0) is 35.2 Å². The molecule has 0 spiro atoms. The lowest BCUT2D eigenvalue weighted by Crippen LogP contribution is -2.41. The summed E-state index contributed by atoms with van der Waals surface area (Å²) in [6.07, 6.45) is -1.66. The van der Waals surface area contributed by atoms with Crippen molar-refractivity contribution in [1.82, 2.24) is 4.90 Å². The summed E-state index contributed by atoms with van der Waals surface area (Å²) in [6.45, 7) is 1.75. The molecule has 1 amide bonds. The molecule has 1 saturated heterocycles. The Hall–Kier alpha value is -2.91. The molecular weight excluding hydrogens is 410 g/mol. The minimum atomic E-state index is -4.05. The Bertz CT molecular complexity index is 990. The highest BCUT2D eigenvalue weighted by Crippen LogP contribution is 2.26. The fourth-order valence-electron chi connectivity index (χ4n) is 3.17. The third-order valence-corrected chi connectivity index (χ3v) is 6.12. The predicted molar refractivity (Wildman–Crippen MR) is 107 cm³/mol. The zero-order valence-electron chi connectivity index (χ0n) is 16.7. The summed E-state index contributed by atoms with van der Waals surface area (Å²) in [5, 5.41) is 0. The van der Waals surface area contributed by atoms with Crippen molar-refractivity contribution in [3.63, 3.8) is 0 Å². The average Bonchev–Trinajstić information content (AvgIpc) is 3.15. The summed E-state index contributed by atoms with van der Waals surface area (Å²) in [6, 6.07) is 14.3. The fraction of sp³-hybridized carbons (Fsp3) is 0.333. The number of methoxy groups -OCH3 is 1. The fourth-order valence-corrected chi connectivity index (χ4v) is 4.25. The van der Waals surface area contributed by atoms with E-state index in [9.17, 15) is 18.0 Å². The van der Waals surface area contributed by atoms with Crippen LogP contribution in [0, 0.1) is 6.92 Å². The van der Waals surface area contributed by atoms with Crippen LogP contribution >= 0.6 is 0 Å². The molecule has 9 heteroatoms. The number of nitrogens with zero attached hydrogens (tertiary/aromatic N) is 1. The van der Waals surface area contributed by atoms with Crippen LogP contribution in [-0.4, -0.2) is 51.2 Å². The van der Waals surface area contributed by atoms with Crippen LogP contribution in [0.4, 0.5) is 4.79 Å². The Morgan fingerprint density at radius 1 is 1.07 bits per heavy atom. The van der Waals surface area contributed by atoms with Crippen molar-refractivity contribution >= 4 is 22.2 Å². The molecule has 2 aromatic carbocycles. The second-order valence-electron chi connectivity index (χ2n) is 6.95. The second-order valence-corrected chi connectivity index (χ2v) is 8.52. The summed E-state index contributed by atoms with van der Waals surface area (Å²) in [7, 11) is -2.85. The van der Waals surface area contributed by atoms with Gasteiger partial charge in [0.05, 0.1) is 24.7 Å². The van der Waals surface area contributed by atoms with Crippen LogP contribution in [0.2, 0.25) is 0 Å². The summed E-state index contributed by atoms with van der Waals surface area (Å²) in [5.41, 5.74) is 1.70. The first kappa shape index (κ1) is 21.8. The van der Waals surface area contributed by atoms with Crippen molar-refractivity contribution in [3.05, 3.63) is 65.7 Å². The van der Waals surface area contributed by atoms with Gasteiger partial charge in [-0.25, -0.2) is 9.59 Å². The molecule has 30 heavy (non-hydrogen) atoms. The molecule has 1 fully saturated rings. The number of likely N-dealkylation sites (tertiary alicyclic amines) is 1. The van der Waals surface area contributed by atoms with Gasteiger partial charge in [0.25, 0.3) is 10.1 Å². The molecule has 0 bridgehead atoms. The van der Waals surface area contributed by atoms with E-state index in [4.69, 9.17) is 13.7 Å². The topological polar surface area (TPSA) is 99.2 Å². The number of esters is 1. The molecule has 1 unspecified atom stereocenters. The van der Waals surface area contributed by atoms with Gasteiger partial charge in [0.2, 0.25) is 0 Å². The van der Waals surface area contributed by atoms with Gasteiger partial charge in [-0.15, -0.1) is 0 Å². The van der Waals surface area contributed by atoms with Gasteiger partial charge < -0.3 is 9.47 Å². The molecule has 3 rings (SSSR count). The number of ether oxygens (including phenoxy) is 2. The maximum absolute atomic E-state index is 12.6. The Morgan fingerprint density at radius 3 is 2.37 bits per heavy atom. The number of carbonyl (C=O) groups excluding carboxylic acids is 2. The van der Waals surface area contributed by atoms with Crippen LogP contribution in [0.25, 0.3) is 0 Å². The van der Waals surface area contributed by atoms with Crippen molar-refractivity contribution < 1.29 is 31.7 Å². The highest BCUT2D eigenvalue weighted by Gasteiger charge is 2.43. The first-order valence-corrected chi connectivity index (χ1v) is 10.8. The van der Waals surface area contributed by atoms with Crippen molar-refractivity contribution in [2.75, 3.05) is 13.7 Å². The van der Waals surface area contributed by atoms with E-state index in [2.05, 4.69) is 0 Å². The van der Waals surface area contributed by atoms with E-state index < -0.39 is 34.3 Å². The normalized spacial score (nSPS) is 18.8. The lowest BCUT2D eigenvalue weighted by atomic mass is 10.2. The number of amides is 1. The molecule has 0 aromatic heterocycles. The molecule has 8 nitrogen and oxygen atoms in total. The van der Waals surface area contributed by atoms with E-state index in [0.29, 0.717) is 0 Å². The Balaban J connectivity index is 1.70. The number of aryl methyl sites for hydroxylation is 1. The standard InChI is InChI=1S/C21H23NO7S/c1-15-8-10-18(11-9-15)30(25,26)29-17-12-19(20(23)27-2)22(13-17)21(24)28-14-16-6-4-3-5-7-16/h3-11,17,19H,12-14H2,1-2H3/t17?,19-/m0/s1. The van der Waals surface area contributed by atoms with E-state index in [0.717, 1.165) is 16.0 Å². The molecule has 0 aliphatic carbocycles. The van der Waals surface area contributed by atoms with Crippen molar-refractivity contribution in [3.8, 4) is 0 Å². The third-order valence-electron chi connectivity index (χ3n) is 4.75. The first-order valence-electron chi connectivity index (χ1n) is 9.35. The number of hydrogen-bond acceptors (Lipinski definition) is 7. The zero-order valence-corrected chi connectivity index (χ0v) is 17.5. The van der Waals surface area contributed by atoms with Gasteiger partial charge in [-0.05, 0) is 24.6 Å². The van der Waals surface area contributed by atoms with Gasteiger partial charge >= 0.3 is 12.1 Å². The number of carbonyl (C=O) groups is 2. The van der Waals surface area contributed by atoms with E-state index in [1.54, 1.807) is 24.3 Å². The van der Waals surface area contributed by atoms with Crippen molar-refractivity contribution in [2.45, 2.75) is 37.0 Å². The van der Waals surface area contributed by atoms with E-state index >= 15 is 0 Å². The molecule has 0 N–H and O–H groups in total. The largest absolute Gasteiger partial charge is 0.467 e. The van der Waals surface area contributed by atoms with Gasteiger partial charge in [0, 0.05) is 6.42 Å². The van der Waals surface area contributed by atoms with Crippen LogP contribution in [0.1, 0.15) is 17.5 Å². The van der Waals surface area contributed by atoms with Crippen LogP contribution < -0.4 is 0 Å². The maximum Gasteiger partial charge on any atom is 0.410 e. The van der Waals surface area contributed by atoms with Gasteiger partial charge in [-0.3, -0.25) is 9.08 Å². The van der Waals surface area contributed by atoms with Crippen LogP contribution in [0.15, 0.2) is 59.5 Å². The Labute approximate surface area is 175 Å². The summed E-state index contributed by atoms with van der Waals surface area (Å²) >= 11 is 0. The minimum absolute atomic E-state index is 0.00724. The van der Waals surface area contributed by atoms with Crippen LogP contribution in [0.3, 0.4) is 0 Å². The molecule has 1 heterocycles. The lowest BCUT2D eigenvalue weighted by molar-refractivity contribution is -0.145. The molecule has 0 saturated carbocycles. The van der Waals surface area contributed by atoms with Gasteiger partial charge in [0.15, 0.2) is 0 Å². The van der Waals surface area contributed by atoms with E-state index in [1.165, 1.54) is 19.2 Å². The van der Waals surface area contributed by atoms with Gasteiger partial charge in [-0.1, -0.05) is 48.0 Å². The summed E-state index contributed by atoms with van der Waals surface area (Å²) < 4.78 is 40.5. The predicted octanol–water partition coefficient (Wildman–Crippen LogP) is 2.65. The SMILES string of the molecule is COC(=O)[C@@H]1CC(OS(=O)(=O)c2ccc(C)cc2)CN1C(=O)OCc1ccccc1. The molecule has 2 atom stereocenters. The monoisotopic (exact) mass is 433 g/mol. The van der Waals surface area contributed by atoms with Crippen molar-refractivity contribution in [1.29, 1.82) is 0 Å². The average molecular weight is 433 g/mol. The van der Waals surface area contributed by atoms with E-state index in [-0.39, 0.29) is 24.5 Å². The molecule has 1 aliphatic heterocycles. The first-order chi connectivity index (χ1) is 14.3. The maximum atomic E-state index is 12.6. The smallest absolute Gasteiger partial charge is 0.410 e. The Morgan fingerprint density at radius 2 is 1.73 bits per heavy atom. The minimum Gasteiger partial charge on any atom is -0.467 e. The highest BCUT2D eigenvalue weighted by molar-refractivity contribution is 7.86. The molecule has 160 valence electrons. The lowest BCUT2D eigenvalue weighted by Gasteiger charge is -2.21. The Kier molecular flexibility index (Phi) is 6.73. The molecule has 1 aliphatic rings. The quantitative estimate of drug-likeness (QED) is 0.510. The summed E-state index contributed by atoms with van der Waals surface area (Å²) in [5.74, 6) is -0.662. The highest BCUT2D eigenvalue weighted by atomic mass is 32.2. The molecular formula is C21H23NO7S. The number of hydrogen-bond donors (Lipinski definition) is 0. The van der Waals surface area contributed by atoms with Crippen molar-refractivity contribution in [2.24, 2.45) is 0 Å². The molecule has 2 aromatic rings. The second kappa shape index (κ2) is 9.27. The number of benzene rings is 2.